The van der Waals surface area contributed by atoms with Gasteiger partial charge in [0, 0.05) is 25.4 Å². The summed E-state index contributed by atoms with van der Waals surface area (Å²) in [6.07, 6.45) is 15.6. The SMILES string of the molecule is CCCCCCCCCCc1nccn1CCO. The van der Waals surface area contributed by atoms with Crippen molar-refractivity contribution in [3.63, 3.8) is 0 Å². The van der Waals surface area contributed by atoms with Crippen LogP contribution in [-0.4, -0.2) is 21.3 Å². The largest absolute Gasteiger partial charge is 0.395 e. The van der Waals surface area contributed by atoms with Crippen molar-refractivity contribution in [2.75, 3.05) is 6.61 Å². The molecule has 3 nitrogen and oxygen atoms in total. The number of rotatable bonds is 11. The lowest BCUT2D eigenvalue weighted by Gasteiger charge is -2.05. The van der Waals surface area contributed by atoms with Gasteiger partial charge < -0.3 is 9.67 Å². The molecule has 1 heterocycles. The van der Waals surface area contributed by atoms with Crippen LogP contribution in [0.4, 0.5) is 0 Å². The van der Waals surface area contributed by atoms with E-state index in [4.69, 9.17) is 5.11 Å². The van der Waals surface area contributed by atoms with E-state index in [1.165, 1.54) is 51.4 Å². The van der Waals surface area contributed by atoms with Crippen molar-refractivity contribution in [1.82, 2.24) is 9.55 Å². The zero-order chi connectivity index (χ0) is 13.1. The molecule has 1 N–H and O–H groups in total. The molecule has 3 heteroatoms. The Labute approximate surface area is 111 Å². The Morgan fingerprint density at radius 3 is 2.39 bits per heavy atom. The molecule has 0 saturated carbocycles. The highest BCUT2D eigenvalue weighted by Crippen LogP contribution is 2.10. The zero-order valence-electron chi connectivity index (χ0n) is 11.8. The van der Waals surface area contributed by atoms with Gasteiger partial charge in [-0.3, -0.25) is 0 Å². The number of nitrogens with zero attached hydrogens (tertiary/aromatic N) is 2. The lowest BCUT2D eigenvalue weighted by Crippen LogP contribution is -2.06. The summed E-state index contributed by atoms with van der Waals surface area (Å²) in [5.41, 5.74) is 0. The van der Waals surface area contributed by atoms with E-state index in [1.807, 2.05) is 12.4 Å². The maximum atomic E-state index is 8.93. The lowest BCUT2D eigenvalue weighted by molar-refractivity contribution is 0.274. The number of aliphatic hydroxyl groups is 1. The summed E-state index contributed by atoms with van der Waals surface area (Å²) in [7, 11) is 0. The lowest BCUT2D eigenvalue weighted by atomic mass is 10.1. The van der Waals surface area contributed by atoms with E-state index in [2.05, 4.69) is 16.5 Å². The van der Waals surface area contributed by atoms with Crippen molar-refractivity contribution in [3.05, 3.63) is 18.2 Å². The predicted molar refractivity (Wildman–Crippen MR) is 75.6 cm³/mol. The minimum absolute atomic E-state index is 0.195. The van der Waals surface area contributed by atoms with Crippen LogP contribution in [0.1, 0.15) is 64.1 Å². The molecule has 104 valence electrons. The number of hydrogen-bond donors (Lipinski definition) is 1. The Balaban J connectivity index is 2.01. The maximum Gasteiger partial charge on any atom is 0.108 e. The highest BCUT2D eigenvalue weighted by molar-refractivity contribution is 4.92. The third-order valence-corrected chi connectivity index (χ3v) is 3.40. The fourth-order valence-electron chi connectivity index (χ4n) is 2.30. The molecule has 0 fully saturated rings. The molecule has 0 bridgehead atoms. The first-order valence-corrected chi connectivity index (χ1v) is 7.49. The van der Waals surface area contributed by atoms with Crippen LogP contribution in [0.2, 0.25) is 0 Å². The van der Waals surface area contributed by atoms with Gasteiger partial charge >= 0.3 is 0 Å². The van der Waals surface area contributed by atoms with Crippen LogP contribution >= 0.6 is 0 Å². The van der Waals surface area contributed by atoms with Crippen LogP contribution in [0, 0.1) is 0 Å². The van der Waals surface area contributed by atoms with E-state index in [0.29, 0.717) is 6.54 Å². The number of aliphatic hydroxyl groups excluding tert-OH is 1. The van der Waals surface area contributed by atoms with E-state index in [9.17, 15) is 0 Å². The van der Waals surface area contributed by atoms with Crippen LogP contribution in [0.3, 0.4) is 0 Å². The summed E-state index contributed by atoms with van der Waals surface area (Å²) < 4.78 is 2.06. The Morgan fingerprint density at radius 2 is 1.72 bits per heavy atom. The summed E-state index contributed by atoms with van der Waals surface area (Å²) in [6, 6.07) is 0. The standard InChI is InChI=1S/C15H28N2O/c1-2-3-4-5-6-7-8-9-10-15-16-11-12-17(15)13-14-18/h11-12,18H,2-10,13-14H2,1H3. The van der Waals surface area contributed by atoms with Gasteiger partial charge in [-0.25, -0.2) is 4.98 Å². The van der Waals surface area contributed by atoms with E-state index < -0.39 is 0 Å². The minimum atomic E-state index is 0.195. The van der Waals surface area contributed by atoms with Crippen LogP contribution in [-0.2, 0) is 13.0 Å². The first kappa shape index (κ1) is 15.2. The Hall–Kier alpha value is -0.830. The molecule has 0 aliphatic carbocycles. The first-order valence-electron chi connectivity index (χ1n) is 7.49. The Bertz CT molecular complexity index is 296. The number of hydrogen-bond acceptors (Lipinski definition) is 2. The molecular formula is C15H28N2O. The van der Waals surface area contributed by atoms with E-state index in [-0.39, 0.29) is 6.61 Å². The number of imidazole rings is 1. The quantitative estimate of drug-likeness (QED) is 0.611. The van der Waals surface area contributed by atoms with Gasteiger partial charge in [-0.1, -0.05) is 51.9 Å². The molecular weight excluding hydrogens is 224 g/mol. The number of unbranched alkanes of at least 4 members (excludes halogenated alkanes) is 7. The van der Waals surface area contributed by atoms with Crippen molar-refractivity contribution < 1.29 is 5.11 Å². The van der Waals surface area contributed by atoms with Gasteiger partial charge in [0.2, 0.25) is 0 Å². The maximum absolute atomic E-state index is 8.93. The van der Waals surface area contributed by atoms with Crippen LogP contribution in [0.25, 0.3) is 0 Å². The number of aryl methyl sites for hydroxylation is 1. The van der Waals surface area contributed by atoms with Gasteiger partial charge in [0.1, 0.15) is 5.82 Å². The molecule has 1 rings (SSSR count). The molecule has 0 unspecified atom stereocenters. The van der Waals surface area contributed by atoms with Crippen molar-refractivity contribution >= 4 is 0 Å². The fourth-order valence-corrected chi connectivity index (χ4v) is 2.30. The fraction of sp³-hybridized carbons (Fsp3) is 0.800. The molecule has 1 aromatic heterocycles. The topological polar surface area (TPSA) is 38.0 Å². The molecule has 0 aliphatic heterocycles. The summed E-state index contributed by atoms with van der Waals surface area (Å²) in [4.78, 5) is 4.34. The van der Waals surface area contributed by atoms with Crippen LogP contribution < -0.4 is 0 Å². The predicted octanol–water partition coefficient (Wildman–Crippen LogP) is 3.56. The van der Waals surface area contributed by atoms with Gasteiger partial charge in [0.25, 0.3) is 0 Å². The van der Waals surface area contributed by atoms with Gasteiger partial charge in [0.15, 0.2) is 0 Å². The van der Waals surface area contributed by atoms with Crippen molar-refractivity contribution in [2.45, 2.75) is 71.3 Å². The highest BCUT2D eigenvalue weighted by atomic mass is 16.3. The van der Waals surface area contributed by atoms with E-state index >= 15 is 0 Å². The van der Waals surface area contributed by atoms with Gasteiger partial charge in [-0.05, 0) is 6.42 Å². The Morgan fingerprint density at radius 1 is 1.06 bits per heavy atom. The van der Waals surface area contributed by atoms with Crippen LogP contribution in [0.5, 0.6) is 0 Å². The smallest absolute Gasteiger partial charge is 0.108 e. The average Bonchev–Trinajstić information content (AvgIpc) is 2.81. The summed E-state index contributed by atoms with van der Waals surface area (Å²) >= 11 is 0. The minimum Gasteiger partial charge on any atom is -0.395 e. The molecule has 0 saturated heterocycles. The monoisotopic (exact) mass is 252 g/mol. The summed E-state index contributed by atoms with van der Waals surface area (Å²) in [5, 5.41) is 8.93. The van der Waals surface area contributed by atoms with Crippen molar-refractivity contribution in [1.29, 1.82) is 0 Å². The van der Waals surface area contributed by atoms with E-state index in [0.717, 1.165) is 12.2 Å². The van der Waals surface area contributed by atoms with E-state index in [1.54, 1.807) is 0 Å². The second-order valence-corrected chi connectivity index (χ2v) is 4.99. The van der Waals surface area contributed by atoms with Crippen molar-refractivity contribution in [2.24, 2.45) is 0 Å². The Kier molecular flexibility index (Phi) is 8.57. The molecule has 0 spiro atoms. The summed E-state index contributed by atoms with van der Waals surface area (Å²) in [5.74, 6) is 1.12. The molecule has 0 atom stereocenters. The van der Waals surface area contributed by atoms with Gasteiger partial charge in [0.05, 0.1) is 6.61 Å². The van der Waals surface area contributed by atoms with Crippen LogP contribution in [0.15, 0.2) is 12.4 Å². The molecule has 0 radical (unpaired) electrons. The summed E-state index contributed by atoms with van der Waals surface area (Å²) in [6.45, 7) is 3.13. The normalized spacial score (nSPS) is 11.0. The third-order valence-electron chi connectivity index (χ3n) is 3.40. The molecule has 0 aromatic carbocycles. The van der Waals surface area contributed by atoms with Gasteiger partial charge in [-0.2, -0.15) is 0 Å². The zero-order valence-corrected chi connectivity index (χ0v) is 11.8. The second kappa shape index (κ2) is 10.1. The third kappa shape index (κ3) is 6.20. The van der Waals surface area contributed by atoms with Gasteiger partial charge in [-0.15, -0.1) is 0 Å². The first-order chi connectivity index (χ1) is 8.88. The number of aromatic nitrogens is 2. The molecule has 1 aromatic rings. The highest BCUT2D eigenvalue weighted by Gasteiger charge is 2.01. The van der Waals surface area contributed by atoms with Crippen molar-refractivity contribution in [3.8, 4) is 0 Å². The molecule has 0 aliphatic rings. The molecule has 18 heavy (non-hydrogen) atoms. The second-order valence-electron chi connectivity index (χ2n) is 4.99. The molecule has 0 amide bonds. The average molecular weight is 252 g/mol.